The van der Waals surface area contributed by atoms with Crippen LogP contribution in [0, 0.1) is 11.6 Å². The molecule has 2 aromatic rings. The Kier molecular flexibility index (Phi) is 5.66. The molecule has 0 bridgehead atoms. The molecule has 0 aliphatic carbocycles. The quantitative estimate of drug-likeness (QED) is 0.654. The molecule has 12 heteroatoms. The molecule has 1 aromatic carbocycles. The van der Waals surface area contributed by atoms with Crippen LogP contribution in [0.25, 0.3) is 0 Å². The Morgan fingerprint density at radius 3 is 2.69 bits per heavy atom. The number of sulfonamides is 1. The molecule has 156 valence electrons. The molecule has 1 saturated heterocycles. The van der Waals surface area contributed by atoms with Crippen LogP contribution in [0.1, 0.15) is 22.3 Å². The Labute approximate surface area is 165 Å². The number of aromatic nitrogens is 2. The van der Waals surface area contributed by atoms with Crippen LogP contribution in [-0.4, -0.2) is 61.0 Å². The van der Waals surface area contributed by atoms with Crippen molar-refractivity contribution in [2.75, 3.05) is 37.5 Å². The van der Waals surface area contributed by atoms with Crippen LogP contribution in [0.3, 0.4) is 0 Å². The molecule has 3 rings (SSSR count). The van der Waals surface area contributed by atoms with Crippen molar-refractivity contribution in [3.05, 3.63) is 41.1 Å². The molecular weight excluding hydrogens is 408 g/mol. The highest BCUT2D eigenvalue weighted by molar-refractivity contribution is 7.88. The summed E-state index contributed by atoms with van der Waals surface area (Å²) in [5, 5.41) is 2.95. The van der Waals surface area contributed by atoms with Crippen LogP contribution < -0.4 is 15.8 Å². The molecule has 0 radical (unpaired) electrons. The number of nitrogen functional groups attached to an aromatic ring is 1. The molecule has 1 aliphatic rings. The molecular formula is C17H19F2N5O4S. The Morgan fingerprint density at radius 2 is 2.10 bits per heavy atom. The van der Waals surface area contributed by atoms with Crippen LogP contribution in [0.5, 0.6) is 5.75 Å². The number of carbonyl (C=O) groups excluding carboxylic acids is 1. The standard InChI is InChI=1S/C17H19F2N5O4S/c1-28-12-4-3-11(18)14(19)13(12)15(25)10-7-21-17(23-16(10)20)22-9-5-6-24(8-9)29(2,26)27/h3-4,7,9H,5-6,8H2,1-2H3,(H3,20,21,22,23). The minimum Gasteiger partial charge on any atom is -0.496 e. The summed E-state index contributed by atoms with van der Waals surface area (Å²) in [4.78, 5) is 20.7. The van der Waals surface area contributed by atoms with E-state index < -0.39 is 33.0 Å². The third kappa shape index (κ3) is 4.27. The highest BCUT2D eigenvalue weighted by atomic mass is 32.2. The van der Waals surface area contributed by atoms with E-state index in [4.69, 9.17) is 10.5 Å². The van der Waals surface area contributed by atoms with Crippen molar-refractivity contribution in [1.82, 2.24) is 14.3 Å². The number of ether oxygens (including phenoxy) is 1. The minimum absolute atomic E-state index is 0.0890. The van der Waals surface area contributed by atoms with Gasteiger partial charge in [-0.15, -0.1) is 0 Å². The van der Waals surface area contributed by atoms with Gasteiger partial charge in [0.15, 0.2) is 11.6 Å². The lowest BCUT2D eigenvalue weighted by Gasteiger charge is -2.15. The lowest BCUT2D eigenvalue weighted by Crippen LogP contribution is -2.31. The molecule has 3 N–H and O–H groups in total. The Balaban J connectivity index is 1.82. The summed E-state index contributed by atoms with van der Waals surface area (Å²) in [6.45, 7) is 0.607. The topological polar surface area (TPSA) is 128 Å². The lowest BCUT2D eigenvalue weighted by molar-refractivity contribution is 0.103. The van der Waals surface area contributed by atoms with E-state index in [1.807, 2.05) is 0 Å². The number of anilines is 2. The molecule has 29 heavy (non-hydrogen) atoms. The summed E-state index contributed by atoms with van der Waals surface area (Å²) in [6, 6.07) is 1.75. The van der Waals surface area contributed by atoms with E-state index in [-0.39, 0.29) is 35.7 Å². The smallest absolute Gasteiger partial charge is 0.224 e. The first-order valence-electron chi connectivity index (χ1n) is 8.52. The molecule has 1 atom stereocenters. The van der Waals surface area contributed by atoms with Crippen molar-refractivity contribution in [2.45, 2.75) is 12.5 Å². The summed E-state index contributed by atoms with van der Waals surface area (Å²) >= 11 is 0. The SMILES string of the molecule is COc1ccc(F)c(F)c1C(=O)c1cnc(NC2CCN(S(C)(=O)=O)C2)nc1N. The molecule has 2 heterocycles. The Hall–Kier alpha value is -2.86. The number of rotatable bonds is 6. The predicted octanol–water partition coefficient (Wildman–Crippen LogP) is 1.02. The first-order valence-corrected chi connectivity index (χ1v) is 10.4. The number of nitrogens with one attached hydrogen (secondary N) is 1. The van der Waals surface area contributed by atoms with E-state index in [9.17, 15) is 22.0 Å². The molecule has 0 amide bonds. The largest absolute Gasteiger partial charge is 0.496 e. The van der Waals surface area contributed by atoms with Gasteiger partial charge in [-0.2, -0.15) is 4.98 Å². The van der Waals surface area contributed by atoms with Crippen LogP contribution in [-0.2, 0) is 10.0 Å². The second kappa shape index (κ2) is 7.87. The second-order valence-corrected chi connectivity index (χ2v) is 8.49. The Bertz CT molecular complexity index is 1060. The average Bonchev–Trinajstić information content (AvgIpc) is 3.12. The maximum absolute atomic E-state index is 14.2. The van der Waals surface area contributed by atoms with E-state index in [1.165, 1.54) is 11.4 Å². The van der Waals surface area contributed by atoms with E-state index in [0.717, 1.165) is 24.6 Å². The van der Waals surface area contributed by atoms with E-state index >= 15 is 0 Å². The fourth-order valence-electron chi connectivity index (χ4n) is 3.02. The molecule has 0 spiro atoms. The third-order valence-corrected chi connectivity index (χ3v) is 5.79. The van der Waals surface area contributed by atoms with Crippen molar-refractivity contribution < 1.29 is 26.7 Å². The summed E-state index contributed by atoms with van der Waals surface area (Å²) in [5.74, 6) is -3.79. The Morgan fingerprint density at radius 1 is 1.38 bits per heavy atom. The summed E-state index contributed by atoms with van der Waals surface area (Å²) in [7, 11) is -2.07. The summed E-state index contributed by atoms with van der Waals surface area (Å²) in [6.07, 6.45) is 2.77. The van der Waals surface area contributed by atoms with E-state index in [1.54, 1.807) is 0 Å². The second-order valence-electron chi connectivity index (χ2n) is 6.51. The number of hydrogen-bond acceptors (Lipinski definition) is 8. The highest BCUT2D eigenvalue weighted by Gasteiger charge is 2.29. The third-order valence-electron chi connectivity index (χ3n) is 4.52. The fourth-order valence-corrected chi connectivity index (χ4v) is 3.91. The zero-order valence-corrected chi connectivity index (χ0v) is 16.5. The minimum atomic E-state index is -3.29. The average molecular weight is 427 g/mol. The first-order chi connectivity index (χ1) is 13.6. The fraction of sp³-hybridized carbons (Fsp3) is 0.353. The van der Waals surface area contributed by atoms with Gasteiger partial charge in [-0.25, -0.2) is 26.5 Å². The highest BCUT2D eigenvalue weighted by Crippen LogP contribution is 2.28. The van der Waals surface area contributed by atoms with Crippen molar-refractivity contribution in [3.63, 3.8) is 0 Å². The molecule has 9 nitrogen and oxygen atoms in total. The van der Waals surface area contributed by atoms with Gasteiger partial charge in [0.05, 0.1) is 18.9 Å². The van der Waals surface area contributed by atoms with Gasteiger partial charge in [0, 0.05) is 25.3 Å². The van der Waals surface area contributed by atoms with Gasteiger partial charge < -0.3 is 15.8 Å². The van der Waals surface area contributed by atoms with Gasteiger partial charge >= 0.3 is 0 Å². The summed E-state index contributed by atoms with van der Waals surface area (Å²) in [5.41, 5.74) is 5.01. The number of hydrogen-bond donors (Lipinski definition) is 2. The predicted molar refractivity (Wildman–Crippen MR) is 101 cm³/mol. The first kappa shape index (κ1) is 20.9. The molecule has 1 aromatic heterocycles. The summed E-state index contributed by atoms with van der Waals surface area (Å²) < 4.78 is 57.2. The molecule has 1 unspecified atom stereocenters. The van der Waals surface area contributed by atoms with Crippen molar-refractivity contribution in [3.8, 4) is 5.75 Å². The molecule has 1 aliphatic heterocycles. The van der Waals surface area contributed by atoms with Crippen LogP contribution in [0.4, 0.5) is 20.5 Å². The van der Waals surface area contributed by atoms with Gasteiger partial charge in [-0.05, 0) is 18.6 Å². The van der Waals surface area contributed by atoms with Crippen LogP contribution in [0.15, 0.2) is 18.3 Å². The van der Waals surface area contributed by atoms with E-state index in [0.29, 0.717) is 13.0 Å². The molecule has 1 fully saturated rings. The van der Waals surface area contributed by atoms with Crippen molar-refractivity contribution >= 4 is 27.6 Å². The monoisotopic (exact) mass is 427 g/mol. The van der Waals surface area contributed by atoms with Crippen molar-refractivity contribution in [1.29, 1.82) is 0 Å². The van der Waals surface area contributed by atoms with Crippen LogP contribution >= 0.6 is 0 Å². The van der Waals surface area contributed by atoms with Crippen LogP contribution in [0.2, 0.25) is 0 Å². The lowest BCUT2D eigenvalue weighted by atomic mass is 10.0. The number of benzene rings is 1. The van der Waals surface area contributed by atoms with E-state index in [2.05, 4.69) is 15.3 Å². The maximum atomic E-state index is 14.2. The van der Waals surface area contributed by atoms with Gasteiger partial charge in [-0.1, -0.05) is 0 Å². The number of halogens is 2. The van der Waals surface area contributed by atoms with Gasteiger partial charge in [-0.3, -0.25) is 4.79 Å². The van der Waals surface area contributed by atoms with Crippen molar-refractivity contribution in [2.24, 2.45) is 0 Å². The van der Waals surface area contributed by atoms with Gasteiger partial charge in [0.1, 0.15) is 17.1 Å². The normalized spacial score (nSPS) is 17.3. The number of ketones is 1. The number of nitrogens with zero attached hydrogens (tertiary/aromatic N) is 3. The zero-order chi connectivity index (χ0) is 21.3. The zero-order valence-electron chi connectivity index (χ0n) is 15.6. The number of methoxy groups -OCH3 is 1. The molecule has 0 saturated carbocycles. The number of nitrogens with two attached hydrogens (primary N) is 1. The van der Waals surface area contributed by atoms with Gasteiger partial charge in [0.2, 0.25) is 21.8 Å². The maximum Gasteiger partial charge on any atom is 0.224 e. The number of carbonyl (C=O) groups is 1. The van der Waals surface area contributed by atoms with Gasteiger partial charge in [0.25, 0.3) is 0 Å².